The van der Waals surface area contributed by atoms with E-state index in [9.17, 15) is 9.59 Å². The lowest BCUT2D eigenvalue weighted by atomic mass is 9.99. The van der Waals surface area contributed by atoms with Gasteiger partial charge in [-0.25, -0.2) is 4.98 Å². The molecule has 3 heterocycles. The highest BCUT2D eigenvalue weighted by Crippen LogP contribution is 2.30. The quantitative estimate of drug-likeness (QED) is 0.910. The third-order valence-electron chi connectivity index (χ3n) is 4.27. The van der Waals surface area contributed by atoms with Crippen LogP contribution in [0.3, 0.4) is 0 Å². The second-order valence-electron chi connectivity index (χ2n) is 6.28. The van der Waals surface area contributed by atoms with Gasteiger partial charge in [0.1, 0.15) is 5.82 Å². The molecule has 0 spiro atoms. The third kappa shape index (κ3) is 2.86. The summed E-state index contributed by atoms with van der Waals surface area (Å²) in [6, 6.07) is 3.27. The predicted molar refractivity (Wildman–Crippen MR) is 83.3 cm³/mol. The summed E-state index contributed by atoms with van der Waals surface area (Å²) in [5, 5.41) is 6.53. The van der Waals surface area contributed by atoms with Gasteiger partial charge in [-0.3, -0.25) is 9.59 Å². The van der Waals surface area contributed by atoms with Gasteiger partial charge in [0.25, 0.3) is 5.91 Å². The number of carbonyl (C=O) groups excluding carboxylic acids is 2. The molecule has 8 nitrogen and oxygen atoms in total. The molecule has 1 saturated heterocycles. The molecule has 1 saturated carbocycles. The van der Waals surface area contributed by atoms with Crippen molar-refractivity contribution in [3.8, 4) is 0 Å². The minimum atomic E-state index is -0.0909. The van der Waals surface area contributed by atoms with Crippen LogP contribution >= 0.6 is 0 Å². The maximum atomic E-state index is 12.5. The SMILES string of the molecule is Cc1noc(C2CN(C(=O)c3ccnc(NC(=O)C4CC4)c3)C2)n1. The van der Waals surface area contributed by atoms with Crippen molar-refractivity contribution >= 4 is 17.6 Å². The average Bonchev–Trinajstić information content (AvgIpc) is 3.29. The summed E-state index contributed by atoms with van der Waals surface area (Å²) in [6.45, 7) is 2.86. The highest BCUT2D eigenvalue weighted by Gasteiger charge is 2.36. The van der Waals surface area contributed by atoms with E-state index in [2.05, 4.69) is 20.4 Å². The summed E-state index contributed by atoms with van der Waals surface area (Å²) >= 11 is 0. The number of anilines is 1. The van der Waals surface area contributed by atoms with Crippen LogP contribution in [0.5, 0.6) is 0 Å². The van der Waals surface area contributed by atoms with Crippen molar-refractivity contribution in [2.45, 2.75) is 25.7 Å². The minimum absolute atomic E-state index is 0.0251. The summed E-state index contributed by atoms with van der Waals surface area (Å²) in [6.07, 6.45) is 3.39. The number of aryl methyl sites for hydroxylation is 1. The van der Waals surface area contributed by atoms with Crippen molar-refractivity contribution in [2.24, 2.45) is 5.92 Å². The monoisotopic (exact) mass is 327 g/mol. The Labute approximate surface area is 138 Å². The molecule has 1 N–H and O–H groups in total. The van der Waals surface area contributed by atoms with Crippen LogP contribution < -0.4 is 5.32 Å². The lowest BCUT2D eigenvalue weighted by Gasteiger charge is -2.37. The van der Waals surface area contributed by atoms with Crippen molar-refractivity contribution in [3.63, 3.8) is 0 Å². The molecule has 4 rings (SSSR count). The number of nitrogens with zero attached hydrogens (tertiary/aromatic N) is 4. The molecule has 2 aromatic rings. The van der Waals surface area contributed by atoms with Gasteiger partial charge in [0.2, 0.25) is 11.8 Å². The molecule has 8 heteroatoms. The molecule has 0 unspecified atom stereocenters. The first-order valence-electron chi connectivity index (χ1n) is 7.96. The van der Waals surface area contributed by atoms with E-state index in [0.717, 1.165) is 12.8 Å². The number of hydrogen-bond donors (Lipinski definition) is 1. The van der Waals surface area contributed by atoms with E-state index < -0.39 is 0 Å². The van der Waals surface area contributed by atoms with Crippen LogP contribution in [0.4, 0.5) is 5.82 Å². The van der Waals surface area contributed by atoms with Crippen LogP contribution in [0.1, 0.15) is 40.8 Å². The smallest absolute Gasteiger partial charge is 0.254 e. The number of nitrogens with one attached hydrogen (secondary N) is 1. The first kappa shape index (κ1) is 14.8. The number of rotatable bonds is 4. The van der Waals surface area contributed by atoms with Crippen molar-refractivity contribution in [1.82, 2.24) is 20.0 Å². The van der Waals surface area contributed by atoms with Gasteiger partial charge in [0, 0.05) is 30.8 Å². The zero-order chi connectivity index (χ0) is 16.7. The molecule has 2 aliphatic rings. The number of pyridine rings is 1. The van der Waals surface area contributed by atoms with Gasteiger partial charge in [-0.1, -0.05) is 5.16 Å². The topological polar surface area (TPSA) is 101 Å². The second-order valence-corrected chi connectivity index (χ2v) is 6.28. The van der Waals surface area contributed by atoms with Crippen molar-refractivity contribution < 1.29 is 14.1 Å². The minimum Gasteiger partial charge on any atom is -0.339 e. The van der Waals surface area contributed by atoms with E-state index in [0.29, 0.717) is 36.2 Å². The van der Waals surface area contributed by atoms with Gasteiger partial charge >= 0.3 is 0 Å². The van der Waals surface area contributed by atoms with Gasteiger partial charge in [0.15, 0.2) is 5.82 Å². The summed E-state index contributed by atoms with van der Waals surface area (Å²) in [5.74, 6) is 1.66. The lowest BCUT2D eigenvalue weighted by molar-refractivity contribution is -0.117. The number of likely N-dealkylation sites (tertiary alicyclic amines) is 1. The van der Waals surface area contributed by atoms with Crippen LogP contribution in [0.2, 0.25) is 0 Å². The predicted octanol–water partition coefficient (Wildman–Crippen LogP) is 1.36. The van der Waals surface area contributed by atoms with Crippen molar-refractivity contribution in [1.29, 1.82) is 0 Å². The average molecular weight is 327 g/mol. The number of carbonyl (C=O) groups is 2. The molecule has 124 valence electrons. The second kappa shape index (κ2) is 5.70. The fourth-order valence-electron chi connectivity index (χ4n) is 2.67. The fraction of sp³-hybridized carbons (Fsp3) is 0.438. The number of hydrogen-bond acceptors (Lipinski definition) is 6. The maximum Gasteiger partial charge on any atom is 0.254 e. The number of aromatic nitrogens is 3. The van der Waals surface area contributed by atoms with Crippen LogP contribution in [-0.4, -0.2) is 44.9 Å². The highest BCUT2D eigenvalue weighted by molar-refractivity contribution is 5.97. The Bertz CT molecular complexity index is 793. The third-order valence-corrected chi connectivity index (χ3v) is 4.27. The molecule has 0 bridgehead atoms. The Balaban J connectivity index is 1.39. The van der Waals surface area contributed by atoms with E-state index >= 15 is 0 Å². The molecule has 24 heavy (non-hydrogen) atoms. The van der Waals surface area contributed by atoms with Crippen LogP contribution in [0, 0.1) is 12.8 Å². The van der Waals surface area contributed by atoms with Crippen LogP contribution in [-0.2, 0) is 4.79 Å². The normalized spacial score (nSPS) is 17.5. The Hall–Kier alpha value is -2.77. The Morgan fingerprint density at radius 2 is 2.12 bits per heavy atom. The Morgan fingerprint density at radius 3 is 2.79 bits per heavy atom. The van der Waals surface area contributed by atoms with E-state index in [-0.39, 0.29) is 23.7 Å². The first-order chi connectivity index (χ1) is 11.6. The van der Waals surface area contributed by atoms with Crippen molar-refractivity contribution in [3.05, 3.63) is 35.6 Å². The van der Waals surface area contributed by atoms with E-state index in [1.54, 1.807) is 24.0 Å². The molecule has 2 aromatic heterocycles. The molecule has 0 radical (unpaired) electrons. The lowest BCUT2D eigenvalue weighted by Crippen LogP contribution is -2.48. The number of amides is 2. The first-order valence-corrected chi connectivity index (χ1v) is 7.96. The summed E-state index contributed by atoms with van der Waals surface area (Å²) in [7, 11) is 0. The molecule has 1 aliphatic heterocycles. The fourth-order valence-corrected chi connectivity index (χ4v) is 2.67. The van der Waals surface area contributed by atoms with Gasteiger partial charge in [0.05, 0.1) is 5.92 Å². The molecule has 0 aromatic carbocycles. The summed E-state index contributed by atoms with van der Waals surface area (Å²) in [4.78, 5) is 34.3. The standard InChI is InChI=1S/C16H17N5O3/c1-9-18-15(24-20-9)12-7-21(8-12)16(23)11-4-5-17-13(6-11)19-14(22)10-2-3-10/h4-6,10,12H,2-3,7-8H2,1H3,(H,17,19,22). The van der Waals surface area contributed by atoms with Crippen molar-refractivity contribution in [2.75, 3.05) is 18.4 Å². The summed E-state index contributed by atoms with van der Waals surface area (Å²) in [5.41, 5.74) is 0.510. The van der Waals surface area contributed by atoms with Crippen LogP contribution in [0.15, 0.2) is 22.9 Å². The van der Waals surface area contributed by atoms with Gasteiger partial charge in [-0.15, -0.1) is 0 Å². The molecule has 2 fully saturated rings. The van der Waals surface area contributed by atoms with E-state index in [1.165, 1.54) is 6.20 Å². The Morgan fingerprint density at radius 1 is 1.33 bits per heavy atom. The largest absolute Gasteiger partial charge is 0.339 e. The molecule has 2 amide bonds. The zero-order valence-electron chi connectivity index (χ0n) is 13.2. The zero-order valence-corrected chi connectivity index (χ0v) is 13.2. The molecule has 0 atom stereocenters. The molecular formula is C16H17N5O3. The van der Waals surface area contributed by atoms with Gasteiger partial charge in [-0.05, 0) is 31.9 Å². The van der Waals surface area contributed by atoms with Crippen LogP contribution in [0.25, 0.3) is 0 Å². The molecular weight excluding hydrogens is 310 g/mol. The molecule has 1 aliphatic carbocycles. The highest BCUT2D eigenvalue weighted by atomic mass is 16.5. The summed E-state index contributed by atoms with van der Waals surface area (Å²) < 4.78 is 5.14. The van der Waals surface area contributed by atoms with Gasteiger partial charge in [-0.2, -0.15) is 4.98 Å². The Kier molecular flexibility index (Phi) is 3.51. The van der Waals surface area contributed by atoms with Gasteiger partial charge < -0.3 is 14.7 Å². The van der Waals surface area contributed by atoms with E-state index in [4.69, 9.17) is 4.52 Å². The maximum absolute atomic E-state index is 12.5. The van der Waals surface area contributed by atoms with E-state index in [1.807, 2.05) is 0 Å².